The normalized spacial score (nSPS) is 12.8. The summed E-state index contributed by atoms with van der Waals surface area (Å²) in [7, 11) is 0. The van der Waals surface area contributed by atoms with Crippen molar-refractivity contribution in [1.82, 2.24) is 38.6 Å². The van der Waals surface area contributed by atoms with Crippen LogP contribution in [0.3, 0.4) is 0 Å². The number of pyridine rings is 3. The predicted molar refractivity (Wildman–Crippen MR) is 384 cm³/mol. The van der Waals surface area contributed by atoms with E-state index in [9.17, 15) is 0 Å². The van der Waals surface area contributed by atoms with Gasteiger partial charge in [0.15, 0.2) is 11.6 Å². The lowest BCUT2D eigenvalue weighted by Crippen LogP contribution is -2.17. The van der Waals surface area contributed by atoms with Crippen LogP contribution in [-0.2, 0) is 0 Å². The van der Waals surface area contributed by atoms with E-state index in [1.165, 1.54) is 0 Å². The summed E-state index contributed by atoms with van der Waals surface area (Å²) in [4.78, 5) is 27.1. The zero-order chi connectivity index (χ0) is 61.8. The van der Waals surface area contributed by atoms with Gasteiger partial charge in [0.25, 0.3) is 0 Å². The van der Waals surface area contributed by atoms with Gasteiger partial charge in [-0.1, -0.05) is 224 Å². The third-order valence-electron chi connectivity index (χ3n) is 19.2. The lowest BCUT2D eigenvalue weighted by Gasteiger charge is -2.29. The molecule has 0 N–H and O–H groups in total. The van der Waals surface area contributed by atoms with Crippen LogP contribution >= 0.6 is 0 Å². The van der Waals surface area contributed by atoms with Gasteiger partial charge < -0.3 is 4.57 Å². The first kappa shape index (κ1) is 53.2. The van der Waals surface area contributed by atoms with Gasteiger partial charge in [-0.2, -0.15) is 0 Å². The summed E-state index contributed by atoms with van der Waals surface area (Å²) < 4.78 is 7.40. The standard InChI is InChI=1S/C86H54N8/c1-5-21-54(22-6-1)58-37-40-76-68(49-58)62-30-17-19-35-74(62)92(76)83-81(65-33-15-16-34-67(65)84-89-48-44-73(90-84)57-27-11-4-12-28-57)82(80-64-32-14-13-29-61(64)71-52-87-46-43-66(71)80)85(91-86(83)94-75-36-20-18-31-63(75)72-53-88-47-45-79(72)94)93-77-41-38-59(55-23-7-2-8-24-55)50-69(77)70-51-60(39-42-78(70)93)56-25-9-3-10-26-56/h1-53,80H. The Balaban J connectivity index is 1.07. The quantitative estimate of drug-likeness (QED) is 0.136. The number of rotatable bonds is 10. The number of hydrogen-bond acceptors (Lipinski definition) is 5. The average molecular weight is 1200 g/mol. The Hall–Kier alpha value is -12.7. The maximum atomic E-state index is 6.62. The molecule has 8 nitrogen and oxygen atoms in total. The fraction of sp³-hybridized carbons (Fsp3) is 0.0116. The largest absolute Gasteiger partial charge is 0.305 e. The molecular formula is C86H54N8. The first-order valence-corrected chi connectivity index (χ1v) is 31.9. The first-order chi connectivity index (χ1) is 46.7. The predicted octanol–water partition coefficient (Wildman–Crippen LogP) is 21.1. The van der Waals surface area contributed by atoms with E-state index in [0.717, 1.165) is 172 Å². The summed E-state index contributed by atoms with van der Waals surface area (Å²) >= 11 is 0. The molecule has 0 radical (unpaired) electrons. The molecule has 19 rings (SSSR count). The number of para-hydroxylation sites is 2. The molecule has 18 aromatic rings. The number of hydrogen-bond donors (Lipinski definition) is 0. The van der Waals surface area contributed by atoms with Gasteiger partial charge in [-0.05, 0) is 122 Å². The summed E-state index contributed by atoms with van der Waals surface area (Å²) in [5, 5.41) is 6.53. The van der Waals surface area contributed by atoms with Crippen LogP contribution in [0.5, 0.6) is 0 Å². The summed E-state index contributed by atoms with van der Waals surface area (Å²) in [6, 6.07) is 105. The van der Waals surface area contributed by atoms with Crippen molar-refractivity contribution in [3.8, 4) is 95.6 Å². The molecule has 1 aliphatic carbocycles. The molecule has 0 spiro atoms. The Kier molecular flexibility index (Phi) is 12.2. The molecule has 1 aliphatic rings. The SMILES string of the molecule is c1ccc(-c2ccc3c(c2)c2cc(-c4ccccc4)ccc2n3-c2nc(-n3c4ccccc4c4cnccc43)c(-n3c4ccccc4c4cc(-c5ccccc5)ccc43)c(-c3ccccc3-c3nccc(-c4ccccc4)n3)c2C2c3ccccc3-c3cnccc32)cc1. The fourth-order valence-electron chi connectivity index (χ4n) is 15.1. The maximum Gasteiger partial charge on any atom is 0.165 e. The molecule has 0 amide bonds. The Morgan fingerprint density at radius 2 is 0.734 bits per heavy atom. The van der Waals surface area contributed by atoms with Gasteiger partial charge in [0, 0.05) is 97.0 Å². The zero-order valence-electron chi connectivity index (χ0n) is 50.8. The van der Waals surface area contributed by atoms with Gasteiger partial charge >= 0.3 is 0 Å². The van der Waals surface area contributed by atoms with Crippen molar-refractivity contribution in [3.05, 3.63) is 339 Å². The molecule has 8 heteroatoms. The fourth-order valence-corrected chi connectivity index (χ4v) is 15.1. The molecule has 0 aliphatic heterocycles. The number of benzene rings is 11. The van der Waals surface area contributed by atoms with Gasteiger partial charge in [-0.25, -0.2) is 15.0 Å². The first-order valence-electron chi connectivity index (χ1n) is 31.9. The van der Waals surface area contributed by atoms with Crippen molar-refractivity contribution in [2.24, 2.45) is 0 Å². The van der Waals surface area contributed by atoms with E-state index in [2.05, 4.69) is 293 Å². The zero-order valence-corrected chi connectivity index (χ0v) is 50.8. The second kappa shape index (κ2) is 21.5. The van der Waals surface area contributed by atoms with Crippen molar-refractivity contribution in [2.75, 3.05) is 0 Å². The Labute approximate surface area is 541 Å². The van der Waals surface area contributed by atoms with Gasteiger partial charge in [0.2, 0.25) is 0 Å². The van der Waals surface area contributed by atoms with Crippen LogP contribution in [0.25, 0.3) is 161 Å². The van der Waals surface area contributed by atoms with E-state index in [1.807, 2.05) is 43.1 Å². The molecule has 94 heavy (non-hydrogen) atoms. The molecule has 7 heterocycles. The lowest BCUT2D eigenvalue weighted by atomic mass is 9.82. The van der Waals surface area contributed by atoms with Crippen LogP contribution in [-0.4, -0.2) is 38.6 Å². The van der Waals surface area contributed by atoms with E-state index < -0.39 is 5.92 Å². The van der Waals surface area contributed by atoms with E-state index in [1.54, 1.807) is 0 Å². The van der Waals surface area contributed by atoms with Crippen LogP contribution in [0, 0.1) is 0 Å². The van der Waals surface area contributed by atoms with Crippen LogP contribution in [0.2, 0.25) is 0 Å². The summed E-state index contributed by atoms with van der Waals surface area (Å²) in [6.45, 7) is 0. The number of fused-ring (bicyclic) bond motifs is 12. The van der Waals surface area contributed by atoms with E-state index in [4.69, 9.17) is 24.9 Å². The minimum Gasteiger partial charge on any atom is -0.305 e. The summed E-state index contributed by atoms with van der Waals surface area (Å²) in [5.74, 6) is 1.71. The van der Waals surface area contributed by atoms with Gasteiger partial charge in [-0.3, -0.25) is 19.1 Å². The van der Waals surface area contributed by atoms with Crippen LogP contribution in [0.15, 0.2) is 322 Å². The van der Waals surface area contributed by atoms with Crippen LogP contribution in [0.1, 0.15) is 22.6 Å². The molecule has 7 aromatic heterocycles. The van der Waals surface area contributed by atoms with Crippen molar-refractivity contribution in [1.29, 1.82) is 0 Å². The van der Waals surface area contributed by atoms with Crippen LogP contribution < -0.4 is 0 Å². The topological polar surface area (TPSA) is 79.2 Å². The highest BCUT2D eigenvalue weighted by atomic mass is 15.2. The smallest absolute Gasteiger partial charge is 0.165 e. The van der Waals surface area contributed by atoms with E-state index in [0.29, 0.717) is 5.82 Å². The Morgan fingerprint density at radius 1 is 0.277 bits per heavy atom. The monoisotopic (exact) mass is 1200 g/mol. The van der Waals surface area contributed by atoms with Crippen LogP contribution in [0.4, 0.5) is 0 Å². The van der Waals surface area contributed by atoms with Crippen molar-refractivity contribution in [3.63, 3.8) is 0 Å². The molecule has 0 saturated carbocycles. The minimum absolute atomic E-state index is 0.399. The Bertz CT molecular complexity index is 5850. The number of aromatic nitrogens is 8. The second-order valence-corrected chi connectivity index (χ2v) is 24.3. The maximum absolute atomic E-state index is 6.62. The van der Waals surface area contributed by atoms with E-state index >= 15 is 0 Å². The molecule has 0 saturated heterocycles. The highest BCUT2D eigenvalue weighted by Gasteiger charge is 2.39. The van der Waals surface area contributed by atoms with Gasteiger partial charge in [0.1, 0.15) is 5.82 Å². The van der Waals surface area contributed by atoms with E-state index in [-0.39, 0.29) is 0 Å². The summed E-state index contributed by atoms with van der Waals surface area (Å²) in [5.41, 5.74) is 23.9. The van der Waals surface area contributed by atoms with Gasteiger partial charge in [-0.15, -0.1) is 0 Å². The summed E-state index contributed by atoms with van der Waals surface area (Å²) in [6.07, 6.45) is 9.82. The van der Waals surface area contributed by atoms with Crippen molar-refractivity contribution in [2.45, 2.75) is 5.92 Å². The molecule has 1 unspecified atom stereocenters. The minimum atomic E-state index is -0.399. The second-order valence-electron chi connectivity index (χ2n) is 24.3. The third-order valence-corrected chi connectivity index (χ3v) is 19.2. The van der Waals surface area contributed by atoms with Gasteiger partial charge in [0.05, 0.1) is 44.5 Å². The lowest BCUT2D eigenvalue weighted by molar-refractivity contribution is 0.915. The third kappa shape index (κ3) is 8.29. The molecule has 0 bridgehead atoms. The van der Waals surface area contributed by atoms with Crippen molar-refractivity contribution < 1.29 is 0 Å². The molecular weight excluding hydrogens is 1150 g/mol. The molecule has 11 aromatic carbocycles. The van der Waals surface area contributed by atoms with Crippen molar-refractivity contribution >= 4 is 65.4 Å². The number of nitrogens with zero attached hydrogens (tertiary/aromatic N) is 8. The average Bonchev–Trinajstić information content (AvgIpc) is 1.45. The highest BCUT2D eigenvalue weighted by molar-refractivity contribution is 6.15. The molecule has 1 atom stereocenters. The highest BCUT2D eigenvalue weighted by Crippen LogP contribution is 2.56. The Morgan fingerprint density at radius 3 is 1.37 bits per heavy atom. The molecule has 438 valence electrons. The molecule has 0 fully saturated rings.